The van der Waals surface area contributed by atoms with Gasteiger partial charge in [0.2, 0.25) is 5.91 Å². The van der Waals surface area contributed by atoms with E-state index in [1.807, 2.05) is 42.5 Å². The van der Waals surface area contributed by atoms with Gasteiger partial charge in [-0.25, -0.2) is 0 Å². The van der Waals surface area contributed by atoms with Crippen LogP contribution >= 0.6 is 0 Å². The van der Waals surface area contributed by atoms with E-state index in [2.05, 4.69) is 5.32 Å². The van der Waals surface area contributed by atoms with E-state index in [-0.39, 0.29) is 11.8 Å². The number of amides is 2. The molecule has 0 aromatic heterocycles. The smallest absolute Gasteiger partial charge is 0.251 e. The average molecular weight is 324 g/mol. The topological polar surface area (TPSA) is 58.6 Å². The van der Waals surface area contributed by atoms with Gasteiger partial charge in [-0.15, -0.1) is 0 Å². The third-order valence-corrected chi connectivity index (χ3v) is 3.91. The van der Waals surface area contributed by atoms with Crippen LogP contribution in [0.5, 0.6) is 5.75 Å². The summed E-state index contributed by atoms with van der Waals surface area (Å²) in [6.45, 7) is 1.59. The number of carbonyl (C=O) groups excluding carboxylic acids is 2. The van der Waals surface area contributed by atoms with Crippen LogP contribution in [0.2, 0.25) is 0 Å². The first-order valence-corrected chi connectivity index (χ1v) is 8.10. The predicted molar refractivity (Wildman–Crippen MR) is 92.3 cm³/mol. The molecule has 124 valence electrons. The molecule has 0 aliphatic carbocycles. The number of carbonyl (C=O) groups is 2. The summed E-state index contributed by atoms with van der Waals surface area (Å²) in [7, 11) is 0. The third-order valence-electron chi connectivity index (χ3n) is 3.91. The van der Waals surface area contributed by atoms with Gasteiger partial charge in [0.05, 0.1) is 6.54 Å². The minimum atomic E-state index is -0.147. The molecular formula is C19H20N2O3. The molecule has 0 unspecified atom stereocenters. The summed E-state index contributed by atoms with van der Waals surface area (Å²) in [6, 6.07) is 16.6. The van der Waals surface area contributed by atoms with Crippen molar-refractivity contribution in [3.63, 3.8) is 0 Å². The highest BCUT2D eigenvalue weighted by Crippen LogP contribution is 2.21. The molecule has 1 aliphatic heterocycles. The maximum absolute atomic E-state index is 12.1. The van der Waals surface area contributed by atoms with Gasteiger partial charge in [-0.3, -0.25) is 9.59 Å². The number of ether oxygens (including phenoxy) is 1. The summed E-state index contributed by atoms with van der Waals surface area (Å²) in [6.07, 6.45) is 1.49. The minimum Gasteiger partial charge on any atom is -0.492 e. The quantitative estimate of drug-likeness (QED) is 0.831. The Bertz CT molecular complexity index is 698. The van der Waals surface area contributed by atoms with Gasteiger partial charge in [-0.1, -0.05) is 18.2 Å². The second-order valence-corrected chi connectivity index (χ2v) is 5.61. The van der Waals surface area contributed by atoms with Crippen LogP contribution in [0, 0.1) is 0 Å². The number of hydrogen-bond acceptors (Lipinski definition) is 3. The van der Waals surface area contributed by atoms with Crippen LogP contribution in [0.3, 0.4) is 0 Å². The molecule has 0 bridgehead atoms. The minimum absolute atomic E-state index is 0.144. The van der Waals surface area contributed by atoms with Crippen molar-refractivity contribution in [2.45, 2.75) is 12.8 Å². The van der Waals surface area contributed by atoms with E-state index in [0.29, 0.717) is 25.1 Å². The van der Waals surface area contributed by atoms with Crippen molar-refractivity contribution in [3.8, 4) is 5.75 Å². The third kappa shape index (κ3) is 3.93. The van der Waals surface area contributed by atoms with E-state index in [4.69, 9.17) is 4.74 Å². The van der Waals surface area contributed by atoms with Crippen molar-refractivity contribution in [2.24, 2.45) is 0 Å². The first kappa shape index (κ1) is 16.1. The lowest BCUT2D eigenvalue weighted by Crippen LogP contribution is -2.28. The lowest BCUT2D eigenvalue weighted by atomic mass is 10.2. The summed E-state index contributed by atoms with van der Waals surface area (Å²) < 4.78 is 5.53. The molecule has 2 amide bonds. The Labute approximate surface area is 141 Å². The maximum atomic E-state index is 12.1. The molecule has 2 aromatic rings. The molecule has 3 rings (SSSR count). The van der Waals surface area contributed by atoms with Crippen molar-refractivity contribution < 1.29 is 14.3 Å². The predicted octanol–water partition coefficient (Wildman–Crippen LogP) is 2.62. The fourth-order valence-corrected chi connectivity index (χ4v) is 2.67. The summed E-state index contributed by atoms with van der Waals surface area (Å²) >= 11 is 0. The van der Waals surface area contributed by atoms with Crippen LogP contribution in [-0.2, 0) is 4.79 Å². The molecule has 0 spiro atoms. The van der Waals surface area contributed by atoms with Crippen LogP contribution in [-0.4, -0.2) is 31.5 Å². The highest BCUT2D eigenvalue weighted by molar-refractivity contribution is 5.97. The largest absolute Gasteiger partial charge is 0.492 e. The zero-order valence-corrected chi connectivity index (χ0v) is 13.4. The molecule has 5 heteroatoms. The van der Waals surface area contributed by atoms with Crippen molar-refractivity contribution in [1.82, 2.24) is 5.32 Å². The fourth-order valence-electron chi connectivity index (χ4n) is 2.67. The van der Waals surface area contributed by atoms with Gasteiger partial charge in [0.1, 0.15) is 12.4 Å². The Hall–Kier alpha value is -2.82. The Balaban J connectivity index is 1.47. The summed E-state index contributed by atoms with van der Waals surface area (Å²) in [5.41, 5.74) is 1.42. The summed E-state index contributed by atoms with van der Waals surface area (Å²) in [5.74, 6) is 0.780. The molecule has 1 N–H and O–H groups in total. The molecule has 1 saturated heterocycles. The summed E-state index contributed by atoms with van der Waals surface area (Å²) in [4.78, 5) is 25.6. The van der Waals surface area contributed by atoms with Crippen LogP contribution in [0.15, 0.2) is 54.6 Å². The highest BCUT2D eigenvalue weighted by atomic mass is 16.5. The first-order chi connectivity index (χ1) is 11.7. The zero-order chi connectivity index (χ0) is 16.8. The summed E-state index contributed by atoms with van der Waals surface area (Å²) in [5, 5.41) is 2.82. The molecule has 2 aromatic carbocycles. The van der Waals surface area contributed by atoms with Crippen molar-refractivity contribution in [1.29, 1.82) is 0 Å². The van der Waals surface area contributed by atoms with Gasteiger partial charge in [-0.05, 0) is 42.8 Å². The second kappa shape index (κ2) is 7.64. The molecule has 5 nitrogen and oxygen atoms in total. The molecule has 1 fully saturated rings. The standard InChI is InChI=1S/C19H20N2O3/c22-18-7-4-13-21(18)16-10-8-15(9-11-16)19(23)20-12-14-24-17-5-2-1-3-6-17/h1-3,5-6,8-11H,4,7,12-14H2,(H,20,23). The number of rotatable bonds is 6. The highest BCUT2D eigenvalue weighted by Gasteiger charge is 2.21. The van der Waals surface area contributed by atoms with Crippen LogP contribution in [0.4, 0.5) is 5.69 Å². The molecule has 1 heterocycles. The molecular weight excluding hydrogens is 304 g/mol. The van der Waals surface area contributed by atoms with Gasteiger partial charge in [0.15, 0.2) is 0 Å². The van der Waals surface area contributed by atoms with Gasteiger partial charge in [0, 0.05) is 24.2 Å². The van der Waals surface area contributed by atoms with Crippen molar-refractivity contribution in [3.05, 3.63) is 60.2 Å². The molecule has 24 heavy (non-hydrogen) atoms. The normalized spacial score (nSPS) is 13.8. The van der Waals surface area contributed by atoms with Gasteiger partial charge in [0.25, 0.3) is 5.91 Å². The second-order valence-electron chi connectivity index (χ2n) is 5.61. The van der Waals surface area contributed by atoms with Crippen LogP contribution in [0.25, 0.3) is 0 Å². The Morgan fingerprint density at radius 2 is 1.83 bits per heavy atom. The Morgan fingerprint density at radius 3 is 2.50 bits per heavy atom. The van der Waals surface area contributed by atoms with Crippen molar-refractivity contribution in [2.75, 3.05) is 24.6 Å². The number of nitrogens with one attached hydrogen (secondary N) is 1. The number of nitrogens with zero attached hydrogens (tertiary/aromatic N) is 1. The first-order valence-electron chi connectivity index (χ1n) is 8.10. The van der Waals surface area contributed by atoms with E-state index in [9.17, 15) is 9.59 Å². The number of para-hydroxylation sites is 1. The van der Waals surface area contributed by atoms with Gasteiger partial charge in [-0.2, -0.15) is 0 Å². The number of benzene rings is 2. The molecule has 0 radical (unpaired) electrons. The Morgan fingerprint density at radius 1 is 1.08 bits per heavy atom. The van der Waals surface area contributed by atoms with E-state index in [0.717, 1.165) is 24.4 Å². The number of hydrogen-bond donors (Lipinski definition) is 1. The van der Waals surface area contributed by atoms with E-state index in [1.165, 1.54) is 0 Å². The SMILES string of the molecule is O=C(NCCOc1ccccc1)c1ccc(N2CCCC2=O)cc1. The number of anilines is 1. The lowest BCUT2D eigenvalue weighted by Gasteiger charge is -2.15. The van der Waals surface area contributed by atoms with Crippen LogP contribution < -0.4 is 15.0 Å². The Kier molecular flexibility index (Phi) is 5.11. The zero-order valence-electron chi connectivity index (χ0n) is 13.4. The lowest BCUT2D eigenvalue weighted by molar-refractivity contribution is -0.117. The average Bonchev–Trinajstić information content (AvgIpc) is 3.05. The molecule has 0 atom stereocenters. The monoisotopic (exact) mass is 324 g/mol. The van der Waals surface area contributed by atoms with Crippen molar-refractivity contribution >= 4 is 17.5 Å². The fraction of sp³-hybridized carbons (Fsp3) is 0.263. The van der Waals surface area contributed by atoms with Gasteiger partial charge >= 0.3 is 0 Å². The molecule has 0 saturated carbocycles. The maximum Gasteiger partial charge on any atom is 0.251 e. The van der Waals surface area contributed by atoms with E-state index < -0.39 is 0 Å². The van der Waals surface area contributed by atoms with E-state index >= 15 is 0 Å². The molecule has 1 aliphatic rings. The van der Waals surface area contributed by atoms with Crippen LogP contribution in [0.1, 0.15) is 23.2 Å². The van der Waals surface area contributed by atoms with Gasteiger partial charge < -0.3 is 15.0 Å². The van der Waals surface area contributed by atoms with E-state index in [1.54, 1.807) is 17.0 Å².